The maximum absolute atomic E-state index is 12.6. The Balaban J connectivity index is 1.85. The number of carbonyl (C=O) groups is 1. The lowest BCUT2D eigenvalue weighted by Gasteiger charge is -2.37. The number of aromatic nitrogens is 1. The fraction of sp³-hybridized carbons (Fsp3) is 0.571. The molecule has 0 spiro atoms. The van der Waals surface area contributed by atoms with Gasteiger partial charge in [-0.2, -0.15) is 0 Å². The maximum atomic E-state index is 12.6. The summed E-state index contributed by atoms with van der Waals surface area (Å²) in [6.45, 7) is 6.74. The zero-order valence-corrected chi connectivity index (χ0v) is 11.3. The van der Waals surface area contributed by atoms with Crippen molar-refractivity contribution in [3.63, 3.8) is 0 Å². The van der Waals surface area contributed by atoms with Crippen LogP contribution in [0.25, 0.3) is 0 Å². The average Bonchev–Trinajstić information content (AvgIpc) is 2.84. The average molecular weight is 262 g/mol. The molecule has 1 fully saturated rings. The predicted octanol–water partition coefficient (Wildman–Crippen LogP) is 1.75. The Hall–Kier alpha value is -1.62. The summed E-state index contributed by atoms with van der Waals surface area (Å²) >= 11 is 0. The fourth-order valence-corrected chi connectivity index (χ4v) is 2.62. The molecule has 3 rings (SSSR count). The van der Waals surface area contributed by atoms with Crippen LogP contribution in [0.4, 0.5) is 0 Å². The highest BCUT2D eigenvalue weighted by molar-refractivity contribution is 5.95. The van der Waals surface area contributed by atoms with Gasteiger partial charge in [0.2, 0.25) is 0 Å². The van der Waals surface area contributed by atoms with Crippen LogP contribution < -0.4 is 0 Å². The van der Waals surface area contributed by atoms with Crippen molar-refractivity contribution in [3.05, 3.63) is 29.2 Å². The highest BCUT2D eigenvalue weighted by atomic mass is 16.5. The third kappa shape index (κ3) is 2.08. The quantitative estimate of drug-likeness (QED) is 0.762. The smallest absolute Gasteiger partial charge is 0.259 e. The van der Waals surface area contributed by atoms with Crippen molar-refractivity contribution in [3.8, 4) is 0 Å². The number of ether oxygens (including phenoxy) is 1. The summed E-state index contributed by atoms with van der Waals surface area (Å²) in [4.78, 5) is 14.4. The second kappa shape index (κ2) is 4.49. The van der Waals surface area contributed by atoms with Crippen molar-refractivity contribution in [2.45, 2.75) is 25.7 Å². The van der Waals surface area contributed by atoms with E-state index in [1.54, 1.807) is 0 Å². The van der Waals surface area contributed by atoms with E-state index < -0.39 is 0 Å². The van der Waals surface area contributed by atoms with Gasteiger partial charge in [0.25, 0.3) is 5.91 Å². The summed E-state index contributed by atoms with van der Waals surface area (Å²) in [5, 5.41) is 4.03. The minimum atomic E-state index is -0.182. The molecule has 0 radical (unpaired) electrons. The van der Waals surface area contributed by atoms with Crippen LogP contribution in [0.3, 0.4) is 0 Å². The summed E-state index contributed by atoms with van der Waals surface area (Å²) in [6.07, 6.45) is 4.56. The summed E-state index contributed by atoms with van der Waals surface area (Å²) < 4.78 is 10.3. The van der Waals surface area contributed by atoms with Crippen molar-refractivity contribution in [2.24, 2.45) is 0 Å². The van der Waals surface area contributed by atoms with Gasteiger partial charge in [0.15, 0.2) is 0 Å². The lowest BCUT2D eigenvalue weighted by atomic mass is 9.82. The minimum absolute atomic E-state index is 0.0109. The van der Waals surface area contributed by atoms with Crippen LogP contribution in [-0.2, 0) is 10.2 Å². The molecule has 1 saturated heterocycles. The predicted molar refractivity (Wildman–Crippen MR) is 69.0 cm³/mol. The third-order valence-corrected chi connectivity index (χ3v) is 3.83. The van der Waals surface area contributed by atoms with Crippen molar-refractivity contribution in [1.29, 1.82) is 0 Å². The van der Waals surface area contributed by atoms with E-state index in [2.05, 4.69) is 18.2 Å². The molecule has 0 unspecified atom stereocenters. The first kappa shape index (κ1) is 12.4. The molecule has 0 aromatic carbocycles. The van der Waals surface area contributed by atoms with Crippen molar-refractivity contribution in [2.75, 3.05) is 26.3 Å². The molecule has 0 bridgehead atoms. The van der Waals surface area contributed by atoms with Gasteiger partial charge < -0.3 is 14.2 Å². The lowest BCUT2D eigenvalue weighted by Crippen LogP contribution is -2.46. The molecule has 5 nitrogen and oxygen atoms in total. The van der Waals surface area contributed by atoms with Gasteiger partial charge in [0, 0.05) is 13.1 Å². The molecular weight excluding hydrogens is 244 g/mol. The van der Waals surface area contributed by atoms with E-state index >= 15 is 0 Å². The first-order valence-corrected chi connectivity index (χ1v) is 6.58. The van der Waals surface area contributed by atoms with Gasteiger partial charge in [-0.1, -0.05) is 16.8 Å². The largest absolute Gasteiger partial charge is 0.379 e. The van der Waals surface area contributed by atoms with Gasteiger partial charge in [0.1, 0.15) is 17.5 Å². The van der Waals surface area contributed by atoms with E-state index in [0.717, 1.165) is 18.7 Å². The summed E-state index contributed by atoms with van der Waals surface area (Å²) in [5.41, 5.74) is 2.37. The SMILES string of the molecule is CC1=CCCN(C(=O)c2conc2C2(C)COC2)C1. The Kier molecular flexibility index (Phi) is 2.93. The van der Waals surface area contributed by atoms with Crippen LogP contribution >= 0.6 is 0 Å². The van der Waals surface area contributed by atoms with Crippen LogP contribution in [-0.4, -0.2) is 42.3 Å². The van der Waals surface area contributed by atoms with E-state index in [1.807, 2.05) is 11.8 Å². The molecule has 0 atom stereocenters. The van der Waals surface area contributed by atoms with E-state index in [1.165, 1.54) is 11.8 Å². The summed E-state index contributed by atoms with van der Waals surface area (Å²) in [5.74, 6) is 0.0109. The molecular formula is C14H18N2O3. The third-order valence-electron chi connectivity index (χ3n) is 3.83. The second-order valence-electron chi connectivity index (χ2n) is 5.70. The molecule has 1 aromatic rings. The Labute approximate surface area is 112 Å². The molecule has 0 aliphatic carbocycles. The Morgan fingerprint density at radius 3 is 2.89 bits per heavy atom. The minimum Gasteiger partial charge on any atom is -0.379 e. The van der Waals surface area contributed by atoms with Crippen LogP contribution in [0.2, 0.25) is 0 Å². The molecule has 0 N–H and O–H groups in total. The molecule has 5 heteroatoms. The van der Waals surface area contributed by atoms with Crippen LogP contribution in [0.15, 0.2) is 22.4 Å². The van der Waals surface area contributed by atoms with E-state index in [0.29, 0.717) is 25.3 Å². The van der Waals surface area contributed by atoms with Gasteiger partial charge in [-0.05, 0) is 20.3 Å². The monoisotopic (exact) mass is 262 g/mol. The van der Waals surface area contributed by atoms with Crippen molar-refractivity contribution in [1.82, 2.24) is 10.1 Å². The van der Waals surface area contributed by atoms with E-state index in [9.17, 15) is 4.79 Å². The number of amides is 1. The molecule has 1 amide bonds. The number of hydrogen-bond acceptors (Lipinski definition) is 4. The van der Waals surface area contributed by atoms with Crippen molar-refractivity contribution >= 4 is 5.91 Å². The normalized spacial score (nSPS) is 21.8. The zero-order chi connectivity index (χ0) is 13.5. The van der Waals surface area contributed by atoms with Gasteiger partial charge in [0.05, 0.1) is 18.6 Å². The number of nitrogens with zero attached hydrogens (tertiary/aromatic N) is 2. The Morgan fingerprint density at radius 2 is 2.26 bits per heavy atom. The fourth-order valence-electron chi connectivity index (χ4n) is 2.62. The van der Waals surface area contributed by atoms with Crippen molar-refractivity contribution < 1.29 is 14.1 Å². The molecule has 1 aromatic heterocycles. The zero-order valence-electron chi connectivity index (χ0n) is 11.3. The molecule has 102 valence electrons. The van der Waals surface area contributed by atoms with E-state index in [4.69, 9.17) is 9.26 Å². The Morgan fingerprint density at radius 1 is 1.47 bits per heavy atom. The van der Waals surface area contributed by atoms with Gasteiger partial charge >= 0.3 is 0 Å². The van der Waals surface area contributed by atoms with Crippen LogP contribution in [0, 0.1) is 0 Å². The topological polar surface area (TPSA) is 55.6 Å². The standard InChI is InChI=1S/C14H18N2O3/c1-10-4-3-5-16(6-10)13(17)11-7-19-15-12(11)14(2)8-18-9-14/h4,7H,3,5-6,8-9H2,1-2H3. The second-order valence-corrected chi connectivity index (χ2v) is 5.70. The summed E-state index contributed by atoms with van der Waals surface area (Å²) in [7, 11) is 0. The highest BCUT2D eigenvalue weighted by Gasteiger charge is 2.41. The molecule has 2 aliphatic rings. The molecule has 0 saturated carbocycles. The molecule has 3 heterocycles. The van der Waals surface area contributed by atoms with E-state index in [-0.39, 0.29) is 11.3 Å². The first-order valence-electron chi connectivity index (χ1n) is 6.58. The molecule has 2 aliphatic heterocycles. The van der Waals surface area contributed by atoms with Gasteiger partial charge in [-0.25, -0.2) is 0 Å². The van der Waals surface area contributed by atoms with Crippen LogP contribution in [0.5, 0.6) is 0 Å². The Bertz CT molecular complexity index is 529. The lowest BCUT2D eigenvalue weighted by molar-refractivity contribution is -0.0535. The van der Waals surface area contributed by atoms with Gasteiger partial charge in [-0.3, -0.25) is 4.79 Å². The molecule has 19 heavy (non-hydrogen) atoms. The number of rotatable bonds is 2. The maximum Gasteiger partial charge on any atom is 0.259 e. The number of carbonyl (C=O) groups excluding carboxylic acids is 1. The van der Waals surface area contributed by atoms with Crippen LogP contribution in [0.1, 0.15) is 36.3 Å². The highest BCUT2D eigenvalue weighted by Crippen LogP contribution is 2.33. The summed E-state index contributed by atoms with van der Waals surface area (Å²) in [6, 6.07) is 0. The first-order chi connectivity index (χ1) is 9.10. The number of hydrogen-bond donors (Lipinski definition) is 0. The van der Waals surface area contributed by atoms with Gasteiger partial charge in [-0.15, -0.1) is 0 Å².